The average molecular weight is 281 g/mol. The van der Waals surface area contributed by atoms with Crippen molar-refractivity contribution in [2.75, 3.05) is 12.4 Å². The second-order valence-electron chi connectivity index (χ2n) is 4.67. The van der Waals surface area contributed by atoms with Gasteiger partial charge < -0.3 is 10.1 Å². The molecule has 5 heteroatoms. The molecule has 106 valence electrons. The number of nitrogens with one attached hydrogen (secondary N) is 2. The maximum absolute atomic E-state index is 11.7. The smallest absolute Gasteiger partial charge is 0.338 e. The molecule has 0 aliphatic rings. The van der Waals surface area contributed by atoms with Gasteiger partial charge in [-0.1, -0.05) is 18.2 Å². The first-order chi connectivity index (χ1) is 10.3. The molecule has 21 heavy (non-hydrogen) atoms. The molecule has 0 amide bonds. The number of H-pyrrole nitrogens is 1. The molecule has 0 saturated carbocycles. The number of hydrogen-bond acceptors (Lipinski definition) is 4. The van der Waals surface area contributed by atoms with Crippen LogP contribution in [0.3, 0.4) is 0 Å². The van der Waals surface area contributed by atoms with Crippen molar-refractivity contribution < 1.29 is 9.53 Å². The number of aromatic nitrogens is 2. The average Bonchev–Trinajstić information content (AvgIpc) is 3.00. The number of carbonyl (C=O) groups is 1. The molecule has 0 atom stereocenters. The quantitative estimate of drug-likeness (QED) is 0.721. The van der Waals surface area contributed by atoms with E-state index in [1.54, 1.807) is 12.3 Å². The lowest BCUT2D eigenvalue weighted by Crippen LogP contribution is -2.09. The summed E-state index contributed by atoms with van der Waals surface area (Å²) in [5.74, 6) is -0.323. The zero-order chi connectivity index (χ0) is 14.7. The molecule has 0 unspecified atom stereocenters. The highest BCUT2D eigenvalue weighted by Gasteiger charge is 2.10. The van der Waals surface area contributed by atoms with Crippen molar-refractivity contribution in [3.63, 3.8) is 0 Å². The van der Waals surface area contributed by atoms with E-state index in [0.717, 1.165) is 22.2 Å². The lowest BCUT2D eigenvalue weighted by atomic mass is 10.1. The molecule has 5 nitrogen and oxygen atoms in total. The lowest BCUT2D eigenvalue weighted by molar-refractivity contribution is 0.0599. The summed E-state index contributed by atoms with van der Waals surface area (Å²) in [6.45, 7) is 0.547. The summed E-state index contributed by atoms with van der Waals surface area (Å²) < 4.78 is 4.80. The van der Waals surface area contributed by atoms with Gasteiger partial charge in [0.2, 0.25) is 0 Å². The second kappa shape index (κ2) is 5.66. The first kappa shape index (κ1) is 13.2. The Hall–Kier alpha value is -2.82. The second-order valence-corrected chi connectivity index (χ2v) is 4.67. The summed E-state index contributed by atoms with van der Waals surface area (Å²) in [5.41, 5.74) is 3.41. The number of esters is 1. The Labute approximate surface area is 121 Å². The highest BCUT2D eigenvalue weighted by atomic mass is 16.5. The molecule has 0 aliphatic heterocycles. The molecule has 0 spiro atoms. The van der Waals surface area contributed by atoms with Gasteiger partial charge in [0.25, 0.3) is 0 Å². The van der Waals surface area contributed by atoms with Crippen LogP contribution in [0, 0.1) is 0 Å². The number of anilines is 1. The van der Waals surface area contributed by atoms with Crippen molar-refractivity contribution in [3.8, 4) is 0 Å². The van der Waals surface area contributed by atoms with Crippen molar-refractivity contribution in [3.05, 3.63) is 59.8 Å². The van der Waals surface area contributed by atoms with E-state index < -0.39 is 0 Å². The summed E-state index contributed by atoms with van der Waals surface area (Å²) in [6, 6.07) is 13.4. The van der Waals surface area contributed by atoms with Crippen LogP contribution in [0.4, 0.5) is 5.69 Å². The third-order valence-electron chi connectivity index (χ3n) is 3.35. The van der Waals surface area contributed by atoms with E-state index in [9.17, 15) is 4.79 Å². The van der Waals surface area contributed by atoms with Gasteiger partial charge in [0.1, 0.15) is 0 Å². The molecule has 2 aromatic carbocycles. The highest BCUT2D eigenvalue weighted by Crippen LogP contribution is 2.18. The third-order valence-corrected chi connectivity index (χ3v) is 3.35. The molecule has 0 aliphatic carbocycles. The minimum absolute atomic E-state index is 0.323. The van der Waals surface area contributed by atoms with Crippen LogP contribution in [0.5, 0.6) is 0 Å². The summed E-state index contributed by atoms with van der Waals surface area (Å²) in [5, 5.41) is 11.3. The predicted molar refractivity (Wildman–Crippen MR) is 81.2 cm³/mol. The Morgan fingerprint density at radius 3 is 3.00 bits per heavy atom. The summed E-state index contributed by atoms with van der Waals surface area (Å²) in [7, 11) is 1.39. The number of carbonyl (C=O) groups excluding carboxylic acids is 1. The SMILES string of the molecule is COC(=O)c1ccccc1CNc1ccc2cn[nH]c2c1. The largest absolute Gasteiger partial charge is 0.465 e. The number of benzene rings is 2. The molecule has 3 rings (SSSR count). The molecule has 2 N–H and O–H groups in total. The summed E-state index contributed by atoms with van der Waals surface area (Å²) in [4.78, 5) is 11.7. The van der Waals surface area contributed by atoms with E-state index in [2.05, 4.69) is 15.5 Å². The van der Waals surface area contributed by atoms with E-state index in [1.807, 2.05) is 36.4 Å². The normalized spacial score (nSPS) is 10.5. The number of aromatic amines is 1. The Morgan fingerprint density at radius 2 is 2.14 bits per heavy atom. The third kappa shape index (κ3) is 2.72. The fourth-order valence-electron chi connectivity index (χ4n) is 2.23. The van der Waals surface area contributed by atoms with Crippen LogP contribution in [0.2, 0.25) is 0 Å². The maximum Gasteiger partial charge on any atom is 0.338 e. The van der Waals surface area contributed by atoms with Gasteiger partial charge in [0.05, 0.1) is 24.4 Å². The van der Waals surface area contributed by atoms with Crippen molar-refractivity contribution in [1.29, 1.82) is 0 Å². The van der Waals surface area contributed by atoms with Gasteiger partial charge in [0, 0.05) is 17.6 Å². The monoisotopic (exact) mass is 281 g/mol. The Bertz CT molecular complexity index is 780. The van der Waals surface area contributed by atoms with E-state index >= 15 is 0 Å². The van der Waals surface area contributed by atoms with Gasteiger partial charge in [-0.3, -0.25) is 5.10 Å². The first-order valence-electron chi connectivity index (χ1n) is 6.61. The highest BCUT2D eigenvalue weighted by molar-refractivity contribution is 5.91. The summed E-state index contributed by atoms with van der Waals surface area (Å²) in [6.07, 6.45) is 1.78. The van der Waals surface area contributed by atoms with Crippen LogP contribution in [-0.4, -0.2) is 23.3 Å². The van der Waals surface area contributed by atoms with Crippen LogP contribution in [0.15, 0.2) is 48.7 Å². The number of rotatable bonds is 4. The molecular formula is C16H15N3O2. The van der Waals surface area contributed by atoms with Gasteiger partial charge in [-0.05, 0) is 29.8 Å². The number of ether oxygens (including phenoxy) is 1. The van der Waals surface area contributed by atoms with Gasteiger partial charge in [-0.25, -0.2) is 4.79 Å². The predicted octanol–water partition coefficient (Wildman–Crippen LogP) is 2.96. The van der Waals surface area contributed by atoms with Crippen molar-refractivity contribution in [1.82, 2.24) is 10.2 Å². The van der Waals surface area contributed by atoms with Gasteiger partial charge in [-0.2, -0.15) is 5.10 Å². The lowest BCUT2D eigenvalue weighted by Gasteiger charge is -2.10. The molecule has 0 bridgehead atoms. The fraction of sp³-hybridized carbons (Fsp3) is 0.125. The van der Waals surface area contributed by atoms with E-state index in [4.69, 9.17) is 4.74 Å². The number of methoxy groups -OCH3 is 1. The minimum atomic E-state index is -0.323. The molecular weight excluding hydrogens is 266 g/mol. The fourth-order valence-corrected chi connectivity index (χ4v) is 2.23. The number of fused-ring (bicyclic) bond motifs is 1. The van der Waals surface area contributed by atoms with Crippen LogP contribution in [-0.2, 0) is 11.3 Å². The van der Waals surface area contributed by atoms with Gasteiger partial charge in [-0.15, -0.1) is 0 Å². The minimum Gasteiger partial charge on any atom is -0.465 e. The summed E-state index contributed by atoms with van der Waals surface area (Å²) >= 11 is 0. The van der Waals surface area contributed by atoms with Crippen LogP contribution < -0.4 is 5.32 Å². The standard InChI is InChI=1S/C16H15N3O2/c1-21-16(20)14-5-3-2-4-11(14)9-17-13-7-6-12-10-18-19-15(12)8-13/h2-8,10,17H,9H2,1H3,(H,18,19). The molecule has 0 fully saturated rings. The Morgan fingerprint density at radius 1 is 1.29 bits per heavy atom. The Balaban J connectivity index is 1.79. The van der Waals surface area contributed by atoms with Gasteiger partial charge >= 0.3 is 5.97 Å². The zero-order valence-electron chi connectivity index (χ0n) is 11.6. The molecule has 0 saturated heterocycles. The van der Waals surface area contributed by atoms with Crippen molar-refractivity contribution in [2.45, 2.75) is 6.54 Å². The maximum atomic E-state index is 11.7. The number of hydrogen-bond donors (Lipinski definition) is 2. The van der Waals surface area contributed by atoms with Crippen LogP contribution in [0.1, 0.15) is 15.9 Å². The first-order valence-corrected chi connectivity index (χ1v) is 6.61. The van der Waals surface area contributed by atoms with Crippen molar-refractivity contribution >= 4 is 22.6 Å². The Kier molecular flexibility index (Phi) is 3.55. The topological polar surface area (TPSA) is 67.0 Å². The molecule has 1 aromatic heterocycles. The molecule has 3 aromatic rings. The van der Waals surface area contributed by atoms with E-state index in [0.29, 0.717) is 12.1 Å². The van der Waals surface area contributed by atoms with Crippen LogP contribution in [0.25, 0.3) is 10.9 Å². The molecule has 1 heterocycles. The molecule has 0 radical (unpaired) electrons. The number of nitrogens with zero attached hydrogens (tertiary/aromatic N) is 1. The zero-order valence-corrected chi connectivity index (χ0v) is 11.6. The van der Waals surface area contributed by atoms with E-state index in [-0.39, 0.29) is 5.97 Å². The van der Waals surface area contributed by atoms with E-state index in [1.165, 1.54) is 7.11 Å². The van der Waals surface area contributed by atoms with Crippen LogP contribution >= 0.6 is 0 Å². The van der Waals surface area contributed by atoms with Crippen molar-refractivity contribution in [2.24, 2.45) is 0 Å². The van der Waals surface area contributed by atoms with Gasteiger partial charge in [0.15, 0.2) is 0 Å².